The molecule has 5 nitrogen and oxygen atoms in total. The Labute approximate surface area is 130 Å². The van der Waals surface area contributed by atoms with Gasteiger partial charge >= 0.3 is 0 Å². The van der Waals surface area contributed by atoms with Crippen LogP contribution in [0, 0.1) is 0 Å². The van der Waals surface area contributed by atoms with E-state index in [1.165, 1.54) is 31.2 Å². The topological polar surface area (TPSA) is 67.7 Å². The van der Waals surface area contributed by atoms with E-state index in [1.54, 1.807) is 0 Å². The maximum atomic E-state index is 5.97. The van der Waals surface area contributed by atoms with Crippen LogP contribution in [0.25, 0.3) is 0 Å². The standard InChI is InChI=1S/C13H20N4O.HI/c1-17(9-6-7-9)13(14)15-8-11-10-4-2-3-5-12(10)18-16-11;/h9H,2-8H2,1H3,(H2,14,15);1H. The second kappa shape index (κ2) is 6.11. The molecule has 1 heterocycles. The molecule has 0 unspecified atom stereocenters. The Morgan fingerprint density at radius 2 is 2.16 bits per heavy atom. The van der Waals surface area contributed by atoms with Crippen molar-refractivity contribution in [1.29, 1.82) is 0 Å². The zero-order valence-electron chi connectivity index (χ0n) is 11.3. The van der Waals surface area contributed by atoms with Crippen LogP contribution >= 0.6 is 24.0 Å². The van der Waals surface area contributed by atoms with Gasteiger partial charge in [-0.15, -0.1) is 24.0 Å². The van der Waals surface area contributed by atoms with Gasteiger partial charge < -0.3 is 15.2 Å². The first-order chi connectivity index (χ1) is 8.75. The summed E-state index contributed by atoms with van der Waals surface area (Å²) in [5, 5.41) is 4.13. The molecule has 0 spiro atoms. The van der Waals surface area contributed by atoms with Gasteiger partial charge in [-0.25, -0.2) is 4.99 Å². The maximum absolute atomic E-state index is 5.97. The van der Waals surface area contributed by atoms with Gasteiger partial charge in [-0.3, -0.25) is 0 Å². The lowest BCUT2D eigenvalue weighted by atomic mass is 9.96. The SMILES string of the molecule is CN(C(N)=NCc1noc2c1CCCC2)C1CC1.I. The van der Waals surface area contributed by atoms with Crippen molar-refractivity contribution in [3.05, 3.63) is 17.0 Å². The van der Waals surface area contributed by atoms with Crippen LogP contribution in [0.5, 0.6) is 0 Å². The molecule has 1 aromatic rings. The van der Waals surface area contributed by atoms with Crippen molar-refractivity contribution < 1.29 is 4.52 Å². The van der Waals surface area contributed by atoms with Gasteiger partial charge in [0.25, 0.3) is 0 Å². The number of aliphatic imine (C=N–C) groups is 1. The van der Waals surface area contributed by atoms with Crippen LogP contribution in [0.1, 0.15) is 42.7 Å². The van der Waals surface area contributed by atoms with Gasteiger partial charge in [0, 0.05) is 25.1 Å². The van der Waals surface area contributed by atoms with Crippen LogP contribution < -0.4 is 5.73 Å². The van der Waals surface area contributed by atoms with Crippen molar-refractivity contribution in [1.82, 2.24) is 10.1 Å². The Morgan fingerprint density at radius 1 is 1.42 bits per heavy atom. The van der Waals surface area contributed by atoms with Crippen molar-refractivity contribution in [3.63, 3.8) is 0 Å². The monoisotopic (exact) mass is 376 g/mol. The molecular formula is C13H21IN4O. The number of nitrogens with two attached hydrogens (primary N) is 1. The van der Waals surface area contributed by atoms with Gasteiger partial charge in [-0.05, 0) is 32.1 Å². The Kier molecular flexibility index (Phi) is 4.70. The van der Waals surface area contributed by atoms with Crippen LogP contribution in [-0.4, -0.2) is 29.1 Å². The predicted octanol–water partition coefficient (Wildman–Crippen LogP) is 2.08. The maximum Gasteiger partial charge on any atom is 0.191 e. The van der Waals surface area contributed by atoms with Crippen LogP contribution in [0.15, 0.2) is 9.52 Å². The molecule has 1 fully saturated rings. The average molecular weight is 376 g/mol. The fraction of sp³-hybridized carbons (Fsp3) is 0.692. The number of fused-ring (bicyclic) bond motifs is 1. The highest BCUT2D eigenvalue weighted by molar-refractivity contribution is 14.0. The van der Waals surface area contributed by atoms with E-state index in [2.05, 4.69) is 15.0 Å². The molecule has 0 bridgehead atoms. The normalized spacial score (nSPS) is 18.7. The van der Waals surface area contributed by atoms with Gasteiger partial charge in [0.05, 0.1) is 6.54 Å². The summed E-state index contributed by atoms with van der Waals surface area (Å²) < 4.78 is 5.37. The Balaban J connectivity index is 0.00000133. The second-order valence-electron chi connectivity index (χ2n) is 5.25. The molecule has 0 aromatic carbocycles. The summed E-state index contributed by atoms with van der Waals surface area (Å²) in [7, 11) is 2.01. The number of hydrogen-bond acceptors (Lipinski definition) is 3. The molecule has 1 aromatic heterocycles. The van der Waals surface area contributed by atoms with E-state index < -0.39 is 0 Å². The van der Waals surface area contributed by atoms with Crippen molar-refractivity contribution in [2.45, 2.75) is 51.1 Å². The molecular weight excluding hydrogens is 355 g/mol. The van der Waals surface area contributed by atoms with Crippen LogP contribution in [0.3, 0.4) is 0 Å². The smallest absolute Gasteiger partial charge is 0.191 e. The number of guanidine groups is 1. The summed E-state index contributed by atoms with van der Waals surface area (Å²) in [5.41, 5.74) is 8.21. The predicted molar refractivity (Wildman–Crippen MR) is 84.7 cm³/mol. The van der Waals surface area contributed by atoms with Crippen LogP contribution in [-0.2, 0) is 19.4 Å². The van der Waals surface area contributed by atoms with Gasteiger partial charge in [0.2, 0.25) is 0 Å². The van der Waals surface area contributed by atoms with E-state index >= 15 is 0 Å². The average Bonchev–Trinajstić information content (AvgIpc) is 3.16. The number of nitrogens with zero attached hydrogens (tertiary/aromatic N) is 3. The lowest BCUT2D eigenvalue weighted by Crippen LogP contribution is -2.35. The quantitative estimate of drug-likeness (QED) is 0.498. The number of hydrogen-bond donors (Lipinski definition) is 1. The Morgan fingerprint density at radius 3 is 2.89 bits per heavy atom. The third-order valence-corrected chi connectivity index (χ3v) is 3.88. The summed E-state index contributed by atoms with van der Waals surface area (Å²) in [5.74, 6) is 1.67. The Hall–Kier alpha value is -0.790. The number of halogens is 1. The molecule has 19 heavy (non-hydrogen) atoms. The zero-order valence-corrected chi connectivity index (χ0v) is 13.6. The van der Waals surface area contributed by atoms with E-state index in [9.17, 15) is 0 Å². The van der Waals surface area contributed by atoms with Crippen molar-refractivity contribution in [3.8, 4) is 0 Å². The summed E-state index contributed by atoms with van der Waals surface area (Å²) in [6.07, 6.45) is 6.98. The fourth-order valence-corrected chi connectivity index (χ4v) is 2.49. The second-order valence-corrected chi connectivity index (χ2v) is 5.25. The molecule has 0 aliphatic heterocycles. The summed E-state index contributed by atoms with van der Waals surface area (Å²) in [6.45, 7) is 0.543. The van der Waals surface area contributed by atoms with Gasteiger partial charge in [0.15, 0.2) is 5.96 Å². The van der Waals surface area contributed by atoms with Crippen LogP contribution in [0.2, 0.25) is 0 Å². The summed E-state index contributed by atoms with van der Waals surface area (Å²) in [4.78, 5) is 6.50. The zero-order chi connectivity index (χ0) is 12.5. The van der Waals surface area contributed by atoms with Gasteiger partial charge in [0.1, 0.15) is 11.5 Å². The fourth-order valence-electron chi connectivity index (χ4n) is 2.49. The van der Waals surface area contributed by atoms with E-state index in [0.717, 1.165) is 24.3 Å². The molecule has 0 amide bonds. The lowest BCUT2D eigenvalue weighted by molar-refractivity contribution is 0.368. The van der Waals surface area contributed by atoms with Crippen molar-refractivity contribution in [2.75, 3.05) is 7.05 Å². The summed E-state index contributed by atoms with van der Waals surface area (Å²) >= 11 is 0. The Bertz CT molecular complexity index is 467. The van der Waals surface area contributed by atoms with E-state index in [-0.39, 0.29) is 24.0 Å². The molecule has 1 saturated carbocycles. The third-order valence-electron chi connectivity index (χ3n) is 3.88. The van der Waals surface area contributed by atoms with Gasteiger partial charge in [-0.2, -0.15) is 0 Å². The number of rotatable bonds is 3. The molecule has 2 aliphatic rings. The first-order valence-corrected chi connectivity index (χ1v) is 6.74. The first-order valence-electron chi connectivity index (χ1n) is 6.74. The van der Waals surface area contributed by atoms with E-state index in [4.69, 9.17) is 10.3 Å². The number of aromatic nitrogens is 1. The highest BCUT2D eigenvalue weighted by Crippen LogP contribution is 2.26. The van der Waals surface area contributed by atoms with Crippen LogP contribution in [0.4, 0.5) is 0 Å². The summed E-state index contributed by atoms with van der Waals surface area (Å²) in [6, 6.07) is 0.597. The van der Waals surface area contributed by atoms with Crippen molar-refractivity contribution >= 4 is 29.9 Å². The molecule has 0 atom stereocenters. The molecule has 6 heteroatoms. The minimum absolute atomic E-state index is 0. The molecule has 2 aliphatic carbocycles. The molecule has 106 valence electrons. The molecule has 2 N–H and O–H groups in total. The molecule has 0 radical (unpaired) electrons. The minimum Gasteiger partial charge on any atom is -0.370 e. The molecule has 3 rings (SSSR count). The highest BCUT2D eigenvalue weighted by atomic mass is 127. The first kappa shape index (κ1) is 14.6. The van der Waals surface area contributed by atoms with E-state index in [1.807, 2.05) is 7.05 Å². The lowest BCUT2D eigenvalue weighted by Gasteiger charge is -2.16. The molecule has 0 saturated heterocycles. The minimum atomic E-state index is 0. The van der Waals surface area contributed by atoms with E-state index in [0.29, 0.717) is 18.5 Å². The van der Waals surface area contributed by atoms with Crippen molar-refractivity contribution in [2.24, 2.45) is 10.7 Å². The highest BCUT2D eigenvalue weighted by Gasteiger charge is 2.27. The third kappa shape index (κ3) is 3.21. The van der Waals surface area contributed by atoms with Gasteiger partial charge in [-0.1, -0.05) is 5.16 Å². The largest absolute Gasteiger partial charge is 0.370 e. The number of aryl methyl sites for hydroxylation is 1.